The van der Waals surface area contributed by atoms with Crippen molar-refractivity contribution in [3.05, 3.63) is 29.8 Å². The van der Waals surface area contributed by atoms with Crippen molar-refractivity contribution in [2.45, 2.75) is 44.2 Å². The highest BCUT2D eigenvalue weighted by molar-refractivity contribution is 7.89. The summed E-state index contributed by atoms with van der Waals surface area (Å²) >= 11 is 0. The molecule has 1 aromatic rings. The summed E-state index contributed by atoms with van der Waals surface area (Å²) in [6.45, 7) is 4.35. The fourth-order valence-electron chi connectivity index (χ4n) is 2.85. The second-order valence-corrected chi connectivity index (χ2v) is 8.42. The number of nitrogens with one attached hydrogen (secondary N) is 2. The lowest BCUT2D eigenvalue weighted by atomic mass is 9.99. The molecule has 0 saturated carbocycles. The number of urea groups is 1. The van der Waals surface area contributed by atoms with Crippen LogP contribution < -0.4 is 10.0 Å². The molecule has 1 aliphatic rings. The first-order valence-electron chi connectivity index (χ1n) is 8.56. The van der Waals surface area contributed by atoms with E-state index in [1.807, 2.05) is 0 Å². The lowest BCUT2D eigenvalue weighted by molar-refractivity contribution is -0.143. The zero-order chi connectivity index (χ0) is 19.3. The lowest BCUT2D eigenvalue weighted by Crippen LogP contribution is -2.46. The number of rotatable bonds is 6. The van der Waals surface area contributed by atoms with E-state index in [2.05, 4.69) is 10.0 Å². The van der Waals surface area contributed by atoms with Crippen molar-refractivity contribution in [3.63, 3.8) is 0 Å². The predicted molar refractivity (Wildman–Crippen MR) is 96.1 cm³/mol. The predicted octanol–water partition coefficient (Wildman–Crippen LogP) is 1.38. The number of benzene rings is 1. The molecule has 26 heavy (non-hydrogen) atoms. The highest BCUT2D eigenvalue weighted by Gasteiger charge is 2.28. The number of hydrogen-bond donors (Lipinski definition) is 3. The van der Waals surface area contributed by atoms with Gasteiger partial charge in [0.2, 0.25) is 10.0 Å². The van der Waals surface area contributed by atoms with E-state index in [1.165, 1.54) is 17.0 Å². The number of piperidine rings is 1. The van der Waals surface area contributed by atoms with Crippen molar-refractivity contribution < 1.29 is 23.1 Å². The Morgan fingerprint density at radius 3 is 2.73 bits per heavy atom. The molecule has 1 atom stereocenters. The standard InChI is InChI=1S/C17H25N3O5S/c1-12(2)19-26(24,25)15-7-3-5-13(9-15)10-18-17(23)20-8-4-6-14(11-20)16(21)22/h3,5,7,9,12,14,19H,4,6,8,10-11H2,1-2H3,(H,18,23)(H,21,22). The van der Waals surface area contributed by atoms with E-state index in [1.54, 1.807) is 26.0 Å². The van der Waals surface area contributed by atoms with E-state index in [0.717, 1.165) is 0 Å². The smallest absolute Gasteiger partial charge is 0.317 e. The summed E-state index contributed by atoms with van der Waals surface area (Å²) in [6.07, 6.45) is 1.22. The van der Waals surface area contributed by atoms with Crippen LogP contribution in [0.2, 0.25) is 0 Å². The SMILES string of the molecule is CC(C)NS(=O)(=O)c1cccc(CNC(=O)N2CCCC(C(=O)O)C2)c1. The Bertz CT molecular complexity index is 763. The van der Waals surface area contributed by atoms with Gasteiger partial charge >= 0.3 is 12.0 Å². The third-order valence-corrected chi connectivity index (χ3v) is 5.76. The van der Waals surface area contributed by atoms with E-state index in [4.69, 9.17) is 5.11 Å². The number of sulfonamides is 1. The molecule has 2 amide bonds. The summed E-state index contributed by atoms with van der Waals surface area (Å²) < 4.78 is 27.0. The average Bonchev–Trinajstić information content (AvgIpc) is 2.59. The van der Waals surface area contributed by atoms with Gasteiger partial charge in [-0.2, -0.15) is 0 Å². The fraction of sp³-hybridized carbons (Fsp3) is 0.529. The highest BCUT2D eigenvalue weighted by atomic mass is 32.2. The monoisotopic (exact) mass is 383 g/mol. The fourth-order valence-corrected chi connectivity index (χ4v) is 4.17. The second kappa shape index (κ2) is 8.50. The Morgan fingerprint density at radius 2 is 2.08 bits per heavy atom. The second-order valence-electron chi connectivity index (χ2n) is 6.71. The van der Waals surface area contributed by atoms with Gasteiger partial charge in [0.15, 0.2) is 0 Å². The molecular formula is C17H25N3O5S. The zero-order valence-corrected chi connectivity index (χ0v) is 15.8. The third-order valence-electron chi connectivity index (χ3n) is 4.10. The van der Waals surface area contributed by atoms with Crippen LogP contribution in [0, 0.1) is 5.92 Å². The Morgan fingerprint density at radius 1 is 1.35 bits per heavy atom. The van der Waals surface area contributed by atoms with Crippen molar-refractivity contribution in [3.8, 4) is 0 Å². The highest BCUT2D eigenvalue weighted by Crippen LogP contribution is 2.17. The molecule has 1 saturated heterocycles. The van der Waals surface area contributed by atoms with Gasteiger partial charge in [-0.1, -0.05) is 12.1 Å². The van der Waals surface area contributed by atoms with Gasteiger partial charge in [-0.25, -0.2) is 17.9 Å². The van der Waals surface area contributed by atoms with Crippen molar-refractivity contribution in [2.75, 3.05) is 13.1 Å². The normalized spacial score (nSPS) is 18.0. The number of carbonyl (C=O) groups is 2. The van der Waals surface area contributed by atoms with Gasteiger partial charge in [-0.15, -0.1) is 0 Å². The molecule has 144 valence electrons. The Kier molecular flexibility index (Phi) is 6.60. The number of carboxylic acids is 1. The minimum atomic E-state index is -3.60. The average molecular weight is 383 g/mol. The summed E-state index contributed by atoms with van der Waals surface area (Å²) in [4.78, 5) is 25.0. The van der Waals surface area contributed by atoms with Crippen molar-refractivity contribution in [1.29, 1.82) is 0 Å². The molecule has 0 spiro atoms. The Hall–Kier alpha value is -2.13. The van der Waals surface area contributed by atoms with Crippen LogP contribution in [0.15, 0.2) is 29.2 Å². The van der Waals surface area contributed by atoms with E-state index >= 15 is 0 Å². The number of aliphatic carboxylic acids is 1. The molecule has 0 radical (unpaired) electrons. The minimum Gasteiger partial charge on any atom is -0.481 e. The van der Waals surface area contributed by atoms with Gasteiger partial charge in [0.1, 0.15) is 0 Å². The number of hydrogen-bond acceptors (Lipinski definition) is 4. The van der Waals surface area contributed by atoms with Crippen LogP contribution in [0.5, 0.6) is 0 Å². The lowest BCUT2D eigenvalue weighted by Gasteiger charge is -2.30. The first-order valence-corrected chi connectivity index (χ1v) is 10.0. The Balaban J connectivity index is 1.98. The van der Waals surface area contributed by atoms with Crippen LogP contribution in [0.25, 0.3) is 0 Å². The van der Waals surface area contributed by atoms with E-state index in [9.17, 15) is 18.0 Å². The first-order chi connectivity index (χ1) is 12.2. The number of nitrogens with zero attached hydrogens (tertiary/aromatic N) is 1. The van der Waals surface area contributed by atoms with Gasteiger partial charge in [0.25, 0.3) is 0 Å². The quantitative estimate of drug-likeness (QED) is 0.686. The summed E-state index contributed by atoms with van der Waals surface area (Å²) in [7, 11) is -3.60. The molecule has 1 fully saturated rings. The molecule has 8 nitrogen and oxygen atoms in total. The molecule has 2 rings (SSSR count). The van der Waals surface area contributed by atoms with Crippen LogP contribution in [-0.2, 0) is 21.4 Å². The molecule has 0 aromatic heterocycles. The summed E-state index contributed by atoms with van der Waals surface area (Å²) in [5, 5.41) is 11.8. The number of carbonyl (C=O) groups excluding carboxylic acids is 1. The maximum atomic E-state index is 12.3. The summed E-state index contributed by atoms with van der Waals surface area (Å²) in [5.41, 5.74) is 0.650. The van der Waals surface area contributed by atoms with Crippen molar-refractivity contribution >= 4 is 22.0 Å². The summed E-state index contributed by atoms with van der Waals surface area (Å²) in [6, 6.07) is 5.80. The van der Waals surface area contributed by atoms with Crippen LogP contribution >= 0.6 is 0 Å². The molecule has 0 bridgehead atoms. The Labute approximate surface area is 153 Å². The van der Waals surface area contributed by atoms with Crippen molar-refractivity contribution in [2.24, 2.45) is 5.92 Å². The summed E-state index contributed by atoms with van der Waals surface area (Å²) in [5.74, 6) is -1.43. The third kappa shape index (κ3) is 5.43. The number of carboxylic acid groups (broad SMARTS) is 1. The first kappa shape index (κ1) is 20.2. The molecular weight excluding hydrogens is 358 g/mol. The van der Waals surface area contributed by atoms with Crippen LogP contribution in [-0.4, -0.2) is 49.6 Å². The van der Waals surface area contributed by atoms with Gasteiger partial charge in [-0.05, 0) is 44.4 Å². The molecule has 3 N–H and O–H groups in total. The van der Waals surface area contributed by atoms with Gasteiger partial charge in [0, 0.05) is 25.7 Å². The van der Waals surface area contributed by atoms with E-state index < -0.39 is 21.9 Å². The zero-order valence-electron chi connectivity index (χ0n) is 14.9. The van der Waals surface area contributed by atoms with Gasteiger partial charge in [0.05, 0.1) is 10.8 Å². The molecule has 1 heterocycles. The minimum absolute atomic E-state index is 0.141. The van der Waals surface area contributed by atoms with Gasteiger partial charge in [-0.3, -0.25) is 4.79 Å². The largest absolute Gasteiger partial charge is 0.481 e. The van der Waals surface area contributed by atoms with Crippen LogP contribution in [0.1, 0.15) is 32.3 Å². The topological polar surface area (TPSA) is 116 Å². The molecule has 9 heteroatoms. The van der Waals surface area contributed by atoms with Gasteiger partial charge < -0.3 is 15.3 Å². The molecule has 1 aromatic carbocycles. The van der Waals surface area contributed by atoms with Crippen molar-refractivity contribution in [1.82, 2.24) is 14.9 Å². The van der Waals surface area contributed by atoms with Crippen LogP contribution in [0.4, 0.5) is 4.79 Å². The number of amides is 2. The van der Waals surface area contributed by atoms with Crippen LogP contribution in [0.3, 0.4) is 0 Å². The molecule has 1 aliphatic heterocycles. The molecule has 0 aliphatic carbocycles. The maximum Gasteiger partial charge on any atom is 0.317 e. The van der Waals surface area contributed by atoms with E-state index in [-0.39, 0.29) is 30.1 Å². The van der Waals surface area contributed by atoms with E-state index in [0.29, 0.717) is 24.9 Å². The maximum absolute atomic E-state index is 12.3. The molecule has 1 unspecified atom stereocenters. The number of likely N-dealkylation sites (tertiary alicyclic amines) is 1.